The lowest BCUT2D eigenvalue weighted by Gasteiger charge is -2.33. The average molecular weight is 303 g/mol. The summed E-state index contributed by atoms with van der Waals surface area (Å²) in [7, 11) is 0. The fourth-order valence-electron chi connectivity index (χ4n) is 4.95. The molecule has 6 heteroatoms. The third-order valence-electron chi connectivity index (χ3n) is 6.08. The predicted molar refractivity (Wildman–Crippen MR) is 74.9 cm³/mol. The van der Waals surface area contributed by atoms with Gasteiger partial charge in [-0.1, -0.05) is 0 Å². The molecule has 2 saturated carbocycles. The quantitative estimate of drug-likeness (QED) is 0.798. The van der Waals surface area contributed by atoms with Gasteiger partial charge < -0.3 is 9.64 Å². The van der Waals surface area contributed by atoms with E-state index in [4.69, 9.17) is 4.74 Å². The number of fused-ring (bicyclic) bond motifs is 6. The molecular formula is C16H18FN3O2. The molecule has 4 aliphatic rings. The molecule has 2 aliphatic carbocycles. The van der Waals surface area contributed by atoms with Crippen molar-refractivity contribution >= 4 is 5.91 Å². The second kappa shape index (κ2) is 3.97. The number of halogens is 1. The number of hydrogen-bond donors (Lipinski definition) is 0. The highest BCUT2D eigenvalue weighted by molar-refractivity contribution is 5.85. The van der Waals surface area contributed by atoms with Crippen molar-refractivity contribution in [3.63, 3.8) is 0 Å². The Labute approximate surface area is 127 Å². The summed E-state index contributed by atoms with van der Waals surface area (Å²) in [5.74, 6) is 0.721. The van der Waals surface area contributed by atoms with E-state index in [1.165, 1.54) is 6.33 Å². The van der Waals surface area contributed by atoms with Gasteiger partial charge in [0.25, 0.3) is 0 Å². The van der Waals surface area contributed by atoms with Crippen molar-refractivity contribution in [1.82, 2.24) is 14.9 Å². The molecule has 0 unspecified atom stereocenters. The molecule has 1 amide bonds. The molecule has 1 aromatic heterocycles. The number of carbonyl (C=O) groups is 1. The molecule has 5 rings (SSSR count). The largest absolute Gasteiger partial charge is 0.472 e. The Morgan fingerprint density at radius 2 is 2.18 bits per heavy atom. The lowest BCUT2D eigenvalue weighted by Crippen LogP contribution is -2.41. The highest BCUT2D eigenvalue weighted by atomic mass is 19.1. The number of aromatic nitrogens is 2. The minimum absolute atomic E-state index is 0.00527. The Hall–Kier alpha value is -1.72. The van der Waals surface area contributed by atoms with Crippen LogP contribution in [-0.4, -0.2) is 39.1 Å². The first-order chi connectivity index (χ1) is 10.6. The molecule has 0 spiro atoms. The number of likely N-dealkylation sites (tertiary alicyclic amines) is 1. The topological polar surface area (TPSA) is 55.3 Å². The number of nitrogens with zero attached hydrogens (tertiary/aromatic N) is 3. The van der Waals surface area contributed by atoms with Gasteiger partial charge in [-0.25, -0.2) is 14.4 Å². The fraction of sp³-hybridized carbons (Fsp3) is 0.688. The van der Waals surface area contributed by atoms with E-state index in [0.29, 0.717) is 44.5 Å². The van der Waals surface area contributed by atoms with Crippen LogP contribution in [0.4, 0.5) is 4.39 Å². The molecule has 4 bridgehead atoms. The smallest absolute Gasteiger partial charge is 0.229 e. The Morgan fingerprint density at radius 1 is 1.36 bits per heavy atom. The van der Waals surface area contributed by atoms with Crippen molar-refractivity contribution in [3.8, 4) is 5.88 Å². The molecule has 3 fully saturated rings. The molecule has 2 aliphatic heterocycles. The lowest BCUT2D eigenvalue weighted by molar-refractivity contribution is -0.142. The minimum atomic E-state index is -1.10. The first-order valence-electron chi connectivity index (χ1n) is 8.05. The SMILES string of the molecule is O=C(N1C[C@@H]2C[C@H]1c1cncnc1O2)C12CCC(F)(CC1)C2. The van der Waals surface area contributed by atoms with Crippen molar-refractivity contribution in [2.24, 2.45) is 5.41 Å². The first-order valence-corrected chi connectivity index (χ1v) is 8.05. The summed E-state index contributed by atoms with van der Waals surface area (Å²) in [5.41, 5.74) is -0.673. The summed E-state index contributed by atoms with van der Waals surface area (Å²) < 4.78 is 20.3. The third kappa shape index (κ3) is 1.55. The number of ether oxygens (including phenoxy) is 1. The van der Waals surface area contributed by atoms with Crippen LogP contribution in [0.15, 0.2) is 12.5 Å². The first kappa shape index (κ1) is 12.8. The molecule has 116 valence electrons. The average Bonchev–Trinajstić information content (AvgIpc) is 3.16. The maximum Gasteiger partial charge on any atom is 0.229 e. The van der Waals surface area contributed by atoms with Crippen molar-refractivity contribution < 1.29 is 13.9 Å². The van der Waals surface area contributed by atoms with E-state index in [9.17, 15) is 9.18 Å². The Kier molecular flexibility index (Phi) is 2.31. The van der Waals surface area contributed by atoms with Crippen LogP contribution in [0.5, 0.6) is 5.88 Å². The van der Waals surface area contributed by atoms with E-state index in [2.05, 4.69) is 9.97 Å². The second-order valence-corrected chi connectivity index (χ2v) is 7.34. The van der Waals surface area contributed by atoms with Crippen molar-refractivity contribution in [1.29, 1.82) is 0 Å². The van der Waals surface area contributed by atoms with E-state index in [1.807, 2.05) is 4.90 Å². The molecule has 3 heterocycles. The minimum Gasteiger partial charge on any atom is -0.472 e. The van der Waals surface area contributed by atoms with Crippen LogP contribution in [0.1, 0.15) is 50.1 Å². The Balaban J connectivity index is 1.49. The van der Waals surface area contributed by atoms with E-state index in [-0.39, 0.29) is 18.1 Å². The monoisotopic (exact) mass is 303 g/mol. The number of alkyl halides is 1. The molecule has 22 heavy (non-hydrogen) atoms. The maximum atomic E-state index is 14.5. The zero-order chi connectivity index (χ0) is 14.9. The fourth-order valence-corrected chi connectivity index (χ4v) is 4.95. The van der Waals surface area contributed by atoms with E-state index < -0.39 is 11.1 Å². The second-order valence-electron chi connectivity index (χ2n) is 7.34. The van der Waals surface area contributed by atoms with Crippen LogP contribution in [-0.2, 0) is 4.79 Å². The van der Waals surface area contributed by atoms with Gasteiger partial charge in [0.2, 0.25) is 11.8 Å². The molecule has 1 aromatic rings. The van der Waals surface area contributed by atoms with Gasteiger partial charge in [0.15, 0.2) is 0 Å². The van der Waals surface area contributed by atoms with E-state index >= 15 is 0 Å². The zero-order valence-electron chi connectivity index (χ0n) is 12.3. The highest BCUT2D eigenvalue weighted by Crippen LogP contribution is 2.60. The van der Waals surface area contributed by atoms with Crippen molar-refractivity contribution in [2.45, 2.75) is 56.3 Å². The molecule has 5 nitrogen and oxygen atoms in total. The van der Waals surface area contributed by atoms with Crippen LogP contribution in [0.25, 0.3) is 0 Å². The summed E-state index contributed by atoms with van der Waals surface area (Å²) in [6, 6.07) is -0.00737. The number of rotatable bonds is 1. The zero-order valence-corrected chi connectivity index (χ0v) is 12.3. The Bertz CT molecular complexity index is 657. The Morgan fingerprint density at radius 3 is 2.91 bits per heavy atom. The van der Waals surface area contributed by atoms with Gasteiger partial charge in [-0.15, -0.1) is 0 Å². The van der Waals surface area contributed by atoms with Crippen molar-refractivity contribution in [3.05, 3.63) is 18.1 Å². The summed E-state index contributed by atoms with van der Waals surface area (Å²) in [5, 5.41) is 0. The number of carbonyl (C=O) groups excluding carboxylic acids is 1. The van der Waals surface area contributed by atoms with Crippen LogP contribution in [0, 0.1) is 5.41 Å². The van der Waals surface area contributed by atoms with Gasteiger partial charge >= 0.3 is 0 Å². The van der Waals surface area contributed by atoms with Crippen LogP contribution < -0.4 is 4.74 Å². The molecule has 1 saturated heterocycles. The lowest BCUT2D eigenvalue weighted by atomic mass is 9.82. The van der Waals surface area contributed by atoms with E-state index in [1.54, 1.807) is 6.20 Å². The molecule has 2 atom stereocenters. The molecule has 0 aromatic carbocycles. The van der Waals surface area contributed by atoms with Crippen LogP contribution in [0.3, 0.4) is 0 Å². The van der Waals surface area contributed by atoms with Crippen molar-refractivity contribution in [2.75, 3.05) is 6.54 Å². The van der Waals surface area contributed by atoms with Gasteiger partial charge in [0.1, 0.15) is 18.1 Å². The van der Waals surface area contributed by atoms with Gasteiger partial charge in [0, 0.05) is 12.6 Å². The van der Waals surface area contributed by atoms with Gasteiger partial charge in [-0.3, -0.25) is 4.79 Å². The summed E-state index contributed by atoms with van der Waals surface area (Å²) in [6.45, 7) is 0.584. The standard InChI is InChI=1S/C16H18FN3O2/c17-16-3-1-15(8-16,2-4-16)14(21)20-7-10-5-12(20)11-6-18-9-19-13(11)22-10/h6,9-10,12H,1-5,7-8H2/t10-,12-,15?,16?/m0/s1. The van der Waals surface area contributed by atoms with Gasteiger partial charge in [-0.05, 0) is 32.1 Å². The van der Waals surface area contributed by atoms with Gasteiger partial charge in [-0.2, -0.15) is 0 Å². The van der Waals surface area contributed by atoms with Gasteiger partial charge in [0.05, 0.1) is 23.6 Å². The number of amides is 1. The maximum absolute atomic E-state index is 14.5. The van der Waals surface area contributed by atoms with E-state index in [0.717, 1.165) is 12.0 Å². The summed E-state index contributed by atoms with van der Waals surface area (Å²) >= 11 is 0. The normalized spacial score (nSPS) is 41.4. The predicted octanol–water partition coefficient (Wildman–Crippen LogP) is 2.18. The summed E-state index contributed by atoms with van der Waals surface area (Å²) in [4.78, 5) is 23.3. The van der Waals surface area contributed by atoms with Crippen LogP contribution >= 0.6 is 0 Å². The highest BCUT2D eigenvalue weighted by Gasteiger charge is 2.61. The number of hydrogen-bond acceptors (Lipinski definition) is 4. The molecular weight excluding hydrogens is 285 g/mol. The molecule has 0 radical (unpaired) electrons. The molecule has 0 N–H and O–H groups in total. The third-order valence-corrected chi connectivity index (χ3v) is 6.08. The van der Waals surface area contributed by atoms with Crippen LogP contribution in [0.2, 0.25) is 0 Å². The summed E-state index contributed by atoms with van der Waals surface area (Å²) in [6.07, 6.45) is 6.88.